The molecule has 1 aromatic heterocycles. The van der Waals surface area contributed by atoms with Crippen LogP contribution in [0.1, 0.15) is 27.5 Å². The highest BCUT2D eigenvalue weighted by atomic mass is 16.4. The number of carboxylic acid groups (broad SMARTS) is 1. The lowest BCUT2D eigenvalue weighted by Crippen LogP contribution is -2.17. The average Bonchev–Trinajstić information content (AvgIpc) is 2.41. The number of nitrogens with zero attached hydrogens (tertiary/aromatic N) is 1. The summed E-state index contributed by atoms with van der Waals surface area (Å²) in [7, 11) is 1.87. The molecule has 2 N–H and O–H groups in total. The molecule has 0 aliphatic rings. The number of rotatable bonds is 4. The number of hydrogen-bond acceptors (Lipinski definition) is 3. The molecule has 4 nitrogen and oxygen atoms in total. The Bertz CT molecular complexity index is 523. The van der Waals surface area contributed by atoms with Gasteiger partial charge in [-0.05, 0) is 42.4 Å². The second-order valence-corrected chi connectivity index (χ2v) is 3.93. The minimum absolute atomic E-state index is 0.0378. The molecule has 0 aliphatic heterocycles. The summed E-state index contributed by atoms with van der Waals surface area (Å²) < 4.78 is 0. The maximum absolute atomic E-state index is 10.8. The quantitative estimate of drug-likeness (QED) is 0.861. The van der Waals surface area contributed by atoms with Gasteiger partial charge in [0, 0.05) is 12.4 Å². The molecule has 18 heavy (non-hydrogen) atoms. The van der Waals surface area contributed by atoms with E-state index in [4.69, 9.17) is 5.11 Å². The van der Waals surface area contributed by atoms with Crippen molar-refractivity contribution in [3.8, 4) is 0 Å². The third-order valence-corrected chi connectivity index (χ3v) is 2.82. The van der Waals surface area contributed by atoms with E-state index in [0.717, 1.165) is 11.1 Å². The Morgan fingerprint density at radius 3 is 2.17 bits per heavy atom. The monoisotopic (exact) mass is 242 g/mol. The zero-order valence-electron chi connectivity index (χ0n) is 10.00. The van der Waals surface area contributed by atoms with Crippen LogP contribution in [-0.2, 0) is 0 Å². The molecule has 2 rings (SSSR count). The third kappa shape index (κ3) is 2.55. The summed E-state index contributed by atoms with van der Waals surface area (Å²) in [5.41, 5.74) is 2.41. The van der Waals surface area contributed by atoms with E-state index in [1.165, 1.54) is 0 Å². The van der Waals surface area contributed by atoms with Gasteiger partial charge in [0.05, 0.1) is 11.6 Å². The van der Waals surface area contributed by atoms with E-state index in [1.54, 1.807) is 24.5 Å². The molecule has 0 radical (unpaired) electrons. The molecule has 0 fully saturated rings. The number of pyridine rings is 1. The third-order valence-electron chi connectivity index (χ3n) is 2.82. The molecule has 0 saturated carbocycles. The Morgan fingerprint density at radius 2 is 1.67 bits per heavy atom. The average molecular weight is 242 g/mol. The molecule has 1 atom stereocenters. The number of carboxylic acids is 1. The van der Waals surface area contributed by atoms with Gasteiger partial charge in [-0.25, -0.2) is 4.79 Å². The van der Waals surface area contributed by atoms with Crippen molar-refractivity contribution >= 4 is 5.97 Å². The number of carbonyl (C=O) groups is 1. The van der Waals surface area contributed by atoms with Crippen molar-refractivity contribution in [2.75, 3.05) is 7.05 Å². The molecule has 92 valence electrons. The van der Waals surface area contributed by atoms with Crippen LogP contribution in [0.5, 0.6) is 0 Å². The molecule has 1 aromatic carbocycles. The van der Waals surface area contributed by atoms with Crippen LogP contribution in [0.15, 0.2) is 48.8 Å². The van der Waals surface area contributed by atoms with Crippen molar-refractivity contribution in [1.29, 1.82) is 0 Å². The Hall–Kier alpha value is -2.20. The first-order chi connectivity index (χ1) is 8.72. The van der Waals surface area contributed by atoms with Crippen molar-refractivity contribution < 1.29 is 9.90 Å². The summed E-state index contributed by atoms with van der Waals surface area (Å²) in [6.07, 6.45) is 3.48. The fourth-order valence-corrected chi connectivity index (χ4v) is 1.90. The summed E-state index contributed by atoms with van der Waals surface area (Å²) in [5, 5.41) is 12.1. The first-order valence-electron chi connectivity index (χ1n) is 5.63. The van der Waals surface area contributed by atoms with E-state index in [1.807, 2.05) is 31.3 Å². The fraction of sp³-hybridized carbons (Fsp3) is 0.143. The molecular formula is C14H14N2O2. The first-order valence-corrected chi connectivity index (χ1v) is 5.63. The maximum atomic E-state index is 10.8. The van der Waals surface area contributed by atoms with E-state index in [0.29, 0.717) is 5.56 Å². The standard InChI is InChI=1S/C14H14N2O2/c1-15-13(11-6-8-16-9-7-11)10-2-4-12(5-3-10)14(17)18/h2-9,13,15H,1H3,(H,17,18). The van der Waals surface area contributed by atoms with Gasteiger partial charge in [-0.2, -0.15) is 0 Å². The molecular weight excluding hydrogens is 228 g/mol. The first kappa shape index (κ1) is 12.3. The number of aromatic carboxylic acids is 1. The molecule has 2 aromatic rings. The van der Waals surface area contributed by atoms with Crippen LogP contribution in [0.3, 0.4) is 0 Å². The van der Waals surface area contributed by atoms with E-state index < -0.39 is 5.97 Å². The molecule has 0 amide bonds. The van der Waals surface area contributed by atoms with Crippen LogP contribution in [0.25, 0.3) is 0 Å². The van der Waals surface area contributed by atoms with Crippen LogP contribution < -0.4 is 5.32 Å². The van der Waals surface area contributed by atoms with Crippen LogP contribution in [0.2, 0.25) is 0 Å². The normalized spacial score (nSPS) is 12.1. The lowest BCUT2D eigenvalue weighted by Gasteiger charge is -2.17. The van der Waals surface area contributed by atoms with Gasteiger partial charge in [0.2, 0.25) is 0 Å². The maximum Gasteiger partial charge on any atom is 0.335 e. The van der Waals surface area contributed by atoms with Crippen molar-refractivity contribution in [2.24, 2.45) is 0 Å². The SMILES string of the molecule is CNC(c1ccncc1)c1ccc(C(=O)O)cc1. The zero-order chi connectivity index (χ0) is 13.0. The van der Waals surface area contributed by atoms with Crippen molar-refractivity contribution in [3.63, 3.8) is 0 Å². The van der Waals surface area contributed by atoms with Gasteiger partial charge in [0.15, 0.2) is 0 Å². The molecule has 0 saturated heterocycles. The van der Waals surface area contributed by atoms with Gasteiger partial charge in [0.25, 0.3) is 0 Å². The lowest BCUT2D eigenvalue weighted by molar-refractivity contribution is 0.0697. The Labute approximate surface area is 105 Å². The van der Waals surface area contributed by atoms with Gasteiger partial charge in [0.1, 0.15) is 0 Å². The predicted molar refractivity (Wildman–Crippen MR) is 68.5 cm³/mol. The van der Waals surface area contributed by atoms with Crippen LogP contribution in [0.4, 0.5) is 0 Å². The molecule has 1 heterocycles. The molecule has 0 aliphatic carbocycles. The fourth-order valence-electron chi connectivity index (χ4n) is 1.90. The lowest BCUT2D eigenvalue weighted by atomic mass is 9.99. The summed E-state index contributed by atoms with van der Waals surface area (Å²) in [6, 6.07) is 10.8. The summed E-state index contributed by atoms with van der Waals surface area (Å²) >= 11 is 0. The van der Waals surface area contributed by atoms with Gasteiger partial charge >= 0.3 is 5.97 Å². The van der Waals surface area contributed by atoms with E-state index in [9.17, 15) is 4.79 Å². The minimum Gasteiger partial charge on any atom is -0.478 e. The van der Waals surface area contributed by atoms with Crippen LogP contribution in [0, 0.1) is 0 Å². The zero-order valence-corrected chi connectivity index (χ0v) is 10.00. The van der Waals surface area contributed by atoms with Crippen molar-refractivity contribution in [3.05, 3.63) is 65.5 Å². The van der Waals surface area contributed by atoms with Gasteiger partial charge < -0.3 is 10.4 Å². The largest absolute Gasteiger partial charge is 0.478 e. The Balaban J connectivity index is 2.31. The second kappa shape index (κ2) is 5.42. The smallest absolute Gasteiger partial charge is 0.335 e. The van der Waals surface area contributed by atoms with Crippen molar-refractivity contribution in [2.45, 2.75) is 6.04 Å². The molecule has 4 heteroatoms. The van der Waals surface area contributed by atoms with Crippen LogP contribution in [-0.4, -0.2) is 23.1 Å². The molecule has 1 unspecified atom stereocenters. The number of aromatic nitrogens is 1. The number of hydrogen-bond donors (Lipinski definition) is 2. The Morgan fingerprint density at radius 1 is 1.11 bits per heavy atom. The Kier molecular flexibility index (Phi) is 3.69. The van der Waals surface area contributed by atoms with Crippen LogP contribution >= 0.6 is 0 Å². The predicted octanol–water partition coefficient (Wildman–Crippen LogP) is 2.09. The van der Waals surface area contributed by atoms with E-state index in [2.05, 4.69) is 10.3 Å². The molecule has 0 bridgehead atoms. The minimum atomic E-state index is -0.911. The highest BCUT2D eigenvalue weighted by molar-refractivity contribution is 5.87. The molecule has 0 spiro atoms. The van der Waals surface area contributed by atoms with Crippen molar-refractivity contribution in [1.82, 2.24) is 10.3 Å². The summed E-state index contributed by atoms with van der Waals surface area (Å²) in [4.78, 5) is 14.8. The summed E-state index contributed by atoms with van der Waals surface area (Å²) in [5.74, 6) is -0.911. The number of benzene rings is 1. The second-order valence-electron chi connectivity index (χ2n) is 3.93. The topological polar surface area (TPSA) is 62.2 Å². The van der Waals surface area contributed by atoms with E-state index >= 15 is 0 Å². The number of nitrogens with one attached hydrogen (secondary N) is 1. The summed E-state index contributed by atoms with van der Waals surface area (Å²) in [6.45, 7) is 0. The van der Waals surface area contributed by atoms with Gasteiger partial charge in [-0.1, -0.05) is 12.1 Å². The van der Waals surface area contributed by atoms with Gasteiger partial charge in [-0.3, -0.25) is 4.98 Å². The highest BCUT2D eigenvalue weighted by Gasteiger charge is 2.12. The van der Waals surface area contributed by atoms with E-state index in [-0.39, 0.29) is 6.04 Å². The highest BCUT2D eigenvalue weighted by Crippen LogP contribution is 2.21. The van der Waals surface area contributed by atoms with Gasteiger partial charge in [-0.15, -0.1) is 0 Å².